The van der Waals surface area contributed by atoms with Crippen LogP contribution in [-0.2, 0) is 35.6 Å². The zero-order valence-corrected chi connectivity index (χ0v) is 34.8. The third-order valence-corrected chi connectivity index (χ3v) is 14.0. The van der Waals surface area contributed by atoms with Gasteiger partial charge in [-0.25, -0.2) is 18.2 Å². The fourth-order valence-corrected chi connectivity index (χ4v) is 9.38. The van der Waals surface area contributed by atoms with Gasteiger partial charge in [0.05, 0.1) is 29.6 Å². The Bertz CT molecular complexity index is 2080. The number of benzene rings is 1. The number of aromatic nitrogens is 1. The van der Waals surface area contributed by atoms with Crippen LogP contribution in [0.15, 0.2) is 43.5 Å². The average Bonchev–Trinajstić information content (AvgIpc) is 4.05. The first-order valence-corrected chi connectivity index (χ1v) is 21.4. The van der Waals surface area contributed by atoms with Crippen molar-refractivity contribution in [3.8, 4) is 11.5 Å². The summed E-state index contributed by atoms with van der Waals surface area (Å²) in [6.45, 7) is 16.2. The number of hydrogen-bond acceptors (Lipinski definition) is 10. The van der Waals surface area contributed by atoms with E-state index >= 15 is 0 Å². The first-order valence-electron chi connectivity index (χ1n) is 19.9. The van der Waals surface area contributed by atoms with Crippen LogP contribution in [0, 0.1) is 12.8 Å². The molecule has 5 atom stereocenters. The molecule has 0 unspecified atom stereocenters. The van der Waals surface area contributed by atoms with Crippen LogP contribution < -0.4 is 24.8 Å². The molecule has 2 saturated carbocycles. The minimum atomic E-state index is -4.01. The van der Waals surface area contributed by atoms with E-state index in [0.717, 1.165) is 35.7 Å². The number of fused-ring (bicyclic) bond motifs is 3. The van der Waals surface area contributed by atoms with Gasteiger partial charge in [0.2, 0.25) is 21.8 Å². The third-order valence-electron chi connectivity index (χ3n) is 11.8. The fraction of sp³-hybridized carbons (Fsp3) is 0.595. The van der Waals surface area contributed by atoms with Crippen LogP contribution in [-0.4, -0.2) is 89.3 Å². The molecule has 0 radical (unpaired) electrons. The number of pyridine rings is 1. The molecule has 6 rings (SSSR count). The highest BCUT2D eigenvalue weighted by Gasteiger charge is 2.63. The van der Waals surface area contributed by atoms with Crippen molar-refractivity contribution in [3.63, 3.8) is 0 Å². The smallest absolute Gasteiger partial charge is 0.408 e. The van der Waals surface area contributed by atoms with Crippen molar-refractivity contribution < 1.29 is 41.8 Å². The summed E-state index contributed by atoms with van der Waals surface area (Å²) >= 11 is 0. The Morgan fingerprint density at radius 2 is 1.84 bits per heavy atom. The highest BCUT2D eigenvalue weighted by Crippen LogP contribution is 2.49. The predicted octanol–water partition coefficient (Wildman–Crippen LogP) is 5.31. The Kier molecular flexibility index (Phi) is 11.5. The summed E-state index contributed by atoms with van der Waals surface area (Å²) in [4.78, 5) is 62.6. The molecule has 1 spiro atoms. The molecule has 310 valence electrons. The van der Waals surface area contributed by atoms with E-state index in [1.807, 2.05) is 31.2 Å². The SMILES string of the molecule is C=CCCCCC[C@H](NC(=O)OC(C)(C)C)C(=O)N1C[C@@]2(CCc3c(c(C)nc4ccc(OC)cc34)O2)C[C@H]1C(=O)N[C@]1(C(=O)NS(=O)(=O)C2(C)CC2)C[C@H]1C=C. The van der Waals surface area contributed by atoms with Gasteiger partial charge >= 0.3 is 6.09 Å². The Morgan fingerprint density at radius 3 is 2.47 bits per heavy atom. The standard InChI is InChI=1S/C42H57N5O9S/c1-9-11-12-13-14-15-32(44-38(51)56-39(4,5)6)36(49)47-25-41(19-18-29-30-22-28(54-8)16-17-31(30)43-26(3)34(29)55-41)24-33(47)35(48)45-42(23-27(42)10-2)37(50)46-57(52,53)40(7)20-21-40/h9-10,16-17,22,27,32-33H,1-2,11-15,18-21,23-25H2,3-8H3,(H,44,51)(H,45,48)(H,46,50)/t27-,32+,33+,41-,42-/m1/s1. The van der Waals surface area contributed by atoms with Gasteiger partial charge in [-0.2, -0.15) is 0 Å². The number of alkyl carbamates (subject to hydrolysis) is 1. The summed E-state index contributed by atoms with van der Waals surface area (Å²) in [5.41, 5.74) is -1.02. The van der Waals surface area contributed by atoms with E-state index in [1.54, 1.807) is 34.8 Å². The molecule has 2 aromatic rings. The van der Waals surface area contributed by atoms with E-state index in [9.17, 15) is 27.6 Å². The minimum Gasteiger partial charge on any atom is -0.497 e. The normalized spacial score (nSPS) is 25.1. The minimum absolute atomic E-state index is 0.0126. The number of carbonyl (C=O) groups is 4. The van der Waals surface area contributed by atoms with E-state index in [1.165, 1.54) is 11.0 Å². The molecular formula is C42H57N5O9S. The van der Waals surface area contributed by atoms with Gasteiger partial charge in [-0.1, -0.05) is 25.0 Å². The van der Waals surface area contributed by atoms with E-state index in [4.69, 9.17) is 19.2 Å². The first-order chi connectivity index (χ1) is 26.8. The third kappa shape index (κ3) is 8.63. The molecule has 1 saturated heterocycles. The van der Waals surface area contributed by atoms with E-state index in [2.05, 4.69) is 28.5 Å². The molecule has 4 amide bonds. The number of unbranched alkanes of at least 4 members (excludes halogenated alkanes) is 3. The van der Waals surface area contributed by atoms with E-state index in [-0.39, 0.29) is 25.8 Å². The van der Waals surface area contributed by atoms with Gasteiger partial charge in [0, 0.05) is 23.3 Å². The lowest BCUT2D eigenvalue weighted by molar-refractivity contribution is -0.141. The molecule has 2 aliphatic carbocycles. The van der Waals surface area contributed by atoms with Crippen LogP contribution in [0.5, 0.6) is 11.5 Å². The Hall–Kier alpha value is -4.66. The number of sulfonamides is 1. The van der Waals surface area contributed by atoms with Gasteiger partial charge in [-0.3, -0.25) is 19.1 Å². The molecule has 3 N–H and O–H groups in total. The molecular weight excluding hydrogens is 751 g/mol. The molecule has 1 aromatic heterocycles. The van der Waals surface area contributed by atoms with Crippen molar-refractivity contribution in [2.24, 2.45) is 5.92 Å². The molecule has 14 nitrogen and oxygen atoms in total. The lowest BCUT2D eigenvalue weighted by atomic mass is 9.87. The lowest BCUT2D eigenvalue weighted by Crippen LogP contribution is -2.58. The van der Waals surface area contributed by atoms with Crippen molar-refractivity contribution in [2.45, 2.75) is 139 Å². The average molecular weight is 808 g/mol. The van der Waals surface area contributed by atoms with Crippen molar-refractivity contribution in [2.75, 3.05) is 13.7 Å². The molecule has 2 aliphatic heterocycles. The second kappa shape index (κ2) is 15.6. The van der Waals surface area contributed by atoms with Crippen LogP contribution in [0.1, 0.15) is 103 Å². The molecule has 4 aliphatic rings. The maximum absolute atomic E-state index is 14.8. The maximum Gasteiger partial charge on any atom is 0.408 e. The highest BCUT2D eigenvalue weighted by molar-refractivity contribution is 7.91. The number of ether oxygens (including phenoxy) is 3. The maximum atomic E-state index is 14.8. The number of nitrogens with zero attached hydrogens (tertiary/aromatic N) is 2. The van der Waals surface area contributed by atoms with Crippen molar-refractivity contribution in [1.82, 2.24) is 25.2 Å². The zero-order chi connectivity index (χ0) is 41.6. The number of carbonyl (C=O) groups excluding carboxylic acids is 4. The number of methoxy groups -OCH3 is 1. The van der Waals surface area contributed by atoms with Gasteiger partial charge in [0.25, 0.3) is 5.91 Å². The quantitative estimate of drug-likeness (QED) is 0.158. The van der Waals surface area contributed by atoms with Gasteiger partial charge in [0.1, 0.15) is 40.3 Å². The van der Waals surface area contributed by atoms with Crippen molar-refractivity contribution >= 4 is 44.7 Å². The summed E-state index contributed by atoms with van der Waals surface area (Å²) in [6, 6.07) is 3.50. The van der Waals surface area contributed by atoms with Crippen LogP contribution in [0.3, 0.4) is 0 Å². The Labute approximate surface area is 335 Å². The Balaban J connectivity index is 1.33. The van der Waals surface area contributed by atoms with Crippen LogP contribution in [0.2, 0.25) is 0 Å². The lowest BCUT2D eigenvalue weighted by Gasteiger charge is -2.36. The fourth-order valence-electron chi connectivity index (χ4n) is 8.07. The van der Waals surface area contributed by atoms with Gasteiger partial charge in [-0.05, 0) is 104 Å². The summed E-state index contributed by atoms with van der Waals surface area (Å²) in [6.07, 6.45) is 8.02. The van der Waals surface area contributed by atoms with Gasteiger partial charge in [-0.15, -0.1) is 13.2 Å². The predicted molar refractivity (Wildman–Crippen MR) is 215 cm³/mol. The molecule has 57 heavy (non-hydrogen) atoms. The van der Waals surface area contributed by atoms with Crippen LogP contribution >= 0.6 is 0 Å². The number of hydrogen-bond donors (Lipinski definition) is 3. The number of amides is 4. The van der Waals surface area contributed by atoms with Crippen molar-refractivity contribution in [3.05, 3.63) is 54.8 Å². The van der Waals surface area contributed by atoms with E-state index in [0.29, 0.717) is 49.3 Å². The summed E-state index contributed by atoms with van der Waals surface area (Å²) < 4.78 is 45.3. The second-order valence-electron chi connectivity index (χ2n) is 17.4. The summed E-state index contributed by atoms with van der Waals surface area (Å²) in [5, 5.41) is 6.53. The number of allylic oxidation sites excluding steroid dienone is 1. The monoisotopic (exact) mass is 807 g/mol. The molecule has 15 heteroatoms. The molecule has 0 bridgehead atoms. The highest BCUT2D eigenvalue weighted by atomic mass is 32.2. The largest absolute Gasteiger partial charge is 0.497 e. The number of rotatable bonds is 15. The van der Waals surface area contributed by atoms with Crippen molar-refractivity contribution in [1.29, 1.82) is 0 Å². The number of likely N-dealkylation sites (tertiary alicyclic amines) is 1. The topological polar surface area (TPSA) is 182 Å². The van der Waals surface area contributed by atoms with Gasteiger partial charge < -0.3 is 29.7 Å². The molecule has 1 aromatic carbocycles. The zero-order valence-electron chi connectivity index (χ0n) is 34.0. The van der Waals surface area contributed by atoms with Crippen LogP contribution in [0.4, 0.5) is 4.79 Å². The summed E-state index contributed by atoms with van der Waals surface area (Å²) in [5.74, 6) is -1.25. The first kappa shape index (κ1) is 42.0. The molecule has 3 heterocycles. The summed E-state index contributed by atoms with van der Waals surface area (Å²) in [7, 11) is -2.41. The van der Waals surface area contributed by atoms with Crippen LogP contribution in [0.25, 0.3) is 10.9 Å². The van der Waals surface area contributed by atoms with Gasteiger partial charge in [0.15, 0.2) is 0 Å². The molecule has 3 fully saturated rings. The van der Waals surface area contributed by atoms with E-state index < -0.39 is 73.3 Å². The number of nitrogens with one attached hydrogen (secondary N) is 3. The number of aryl methyl sites for hydroxylation is 2. The Morgan fingerprint density at radius 1 is 1.11 bits per heavy atom. The second-order valence-corrected chi connectivity index (χ2v) is 19.6.